The standard InChI is InChI=1S/C20H23N3O3S.ClH/c21-18-6-2-5-17(13-18)20(24)22-9-11-23(12-10-22)27(25,26)19-8-7-15-3-1-4-16(15)14-19;/h2,5-8,13-14H,1,3-4,9-12,21H2;1H. The minimum absolute atomic E-state index is 0. The Bertz CT molecular complexity index is 986. The molecule has 0 bridgehead atoms. The third-order valence-electron chi connectivity index (χ3n) is 5.37. The summed E-state index contributed by atoms with van der Waals surface area (Å²) in [6.07, 6.45) is 3.06. The average molecular weight is 422 g/mol. The van der Waals surface area contributed by atoms with Crippen LogP contribution >= 0.6 is 12.4 Å². The maximum absolute atomic E-state index is 13.0. The van der Waals surface area contributed by atoms with E-state index in [0.29, 0.717) is 42.3 Å². The van der Waals surface area contributed by atoms with E-state index in [9.17, 15) is 13.2 Å². The Labute approximate surface area is 171 Å². The number of fused-ring (bicyclic) bond motifs is 1. The molecule has 6 nitrogen and oxygen atoms in total. The summed E-state index contributed by atoms with van der Waals surface area (Å²) in [6, 6.07) is 12.3. The van der Waals surface area contributed by atoms with Gasteiger partial charge < -0.3 is 10.6 Å². The van der Waals surface area contributed by atoms with Crippen molar-refractivity contribution in [3.05, 3.63) is 59.2 Å². The van der Waals surface area contributed by atoms with Crippen LogP contribution in [0.15, 0.2) is 47.4 Å². The van der Waals surface area contributed by atoms with Crippen molar-refractivity contribution in [2.24, 2.45) is 0 Å². The SMILES string of the molecule is Cl.Nc1cccc(C(=O)N2CCN(S(=O)(=O)c3ccc4c(c3)CCC4)CC2)c1. The summed E-state index contributed by atoms with van der Waals surface area (Å²) in [5.74, 6) is -0.114. The normalized spacial score (nSPS) is 17.1. The molecular formula is C20H24ClN3O3S. The highest BCUT2D eigenvalue weighted by Gasteiger charge is 2.31. The molecule has 1 aliphatic heterocycles. The molecule has 0 aromatic heterocycles. The van der Waals surface area contributed by atoms with Gasteiger partial charge in [-0.25, -0.2) is 8.42 Å². The fraction of sp³-hybridized carbons (Fsp3) is 0.350. The van der Waals surface area contributed by atoms with Crippen molar-refractivity contribution >= 4 is 34.0 Å². The number of nitrogens with zero attached hydrogens (tertiary/aromatic N) is 2. The van der Waals surface area contributed by atoms with E-state index in [1.165, 1.54) is 9.87 Å². The Balaban J connectivity index is 0.00000225. The predicted molar refractivity (Wildman–Crippen MR) is 111 cm³/mol. The summed E-state index contributed by atoms with van der Waals surface area (Å²) in [5, 5.41) is 0. The molecule has 0 unspecified atom stereocenters. The molecule has 1 amide bonds. The van der Waals surface area contributed by atoms with Crippen molar-refractivity contribution in [2.45, 2.75) is 24.2 Å². The van der Waals surface area contributed by atoms with Gasteiger partial charge in [0.1, 0.15) is 0 Å². The van der Waals surface area contributed by atoms with E-state index in [-0.39, 0.29) is 18.3 Å². The summed E-state index contributed by atoms with van der Waals surface area (Å²) in [6.45, 7) is 1.34. The fourth-order valence-electron chi connectivity index (χ4n) is 3.84. The number of rotatable bonds is 3. The van der Waals surface area contributed by atoms with Crippen LogP contribution in [0.2, 0.25) is 0 Å². The lowest BCUT2D eigenvalue weighted by atomic mass is 10.1. The van der Waals surface area contributed by atoms with Gasteiger partial charge in [0, 0.05) is 37.4 Å². The van der Waals surface area contributed by atoms with Gasteiger partial charge >= 0.3 is 0 Å². The van der Waals surface area contributed by atoms with Gasteiger partial charge in [-0.3, -0.25) is 4.79 Å². The maximum Gasteiger partial charge on any atom is 0.254 e. The van der Waals surface area contributed by atoms with E-state index in [1.54, 1.807) is 35.2 Å². The second-order valence-electron chi connectivity index (χ2n) is 7.11. The molecule has 1 heterocycles. The Kier molecular flexibility index (Phi) is 5.98. The lowest BCUT2D eigenvalue weighted by Crippen LogP contribution is -2.50. The van der Waals surface area contributed by atoms with E-state index in [0.717, 1.165) is 24.8 Å². The molecule has 4 rings (SSSR count). The van der Waals surface area contributed by atoms with E-state index in [1.807, 2.05) is 12.1 Å². The monoisotopic (exact) mass is 421 g/mol. The summed E-state index contributed by atoms with van der Waals surface area (Å²) >= 11 is 0. The third kappa shape index (κ3) is 3.87. The lowest BCUT2D eigenvalue weighted by molar-refractivity contribution is 0.0698. The molecule has 8 heteroatoms. The zero-order chi connectivity index (χ0) is 19.0. The molecule has 2 aliphatic rings. The highest BCUT2D eigenvalue weighted by molar-refractivity contribution is 7.89. The topological polar surface area (TPSA) is 83.7 Å². The second-order valence-corrected chi connectivity index (χ2v) is 9.04. The number of nitrogens with two attached hydrogens (primary N) is 1. The first-order valence-corrected chi connectivity index (χ1v) is 10.7. The number of benzene rings is 2. The molecule has 2 aromatic rings. The van der Waals surface area contributed by atoms with Crippen molar-refractivity contribution in [1.82, 2.24) is 9.21 Å². The molecule has 0 spiro atoms. The van der Waals surface area contributed by atoms with E-state index < -0.39 is 10.0 Å². The largest absolute Gasteiger partial charge is 0.399 e. The molecule has 28 heavy (non-hydrogen) atoms. The smallest absolute Gasteiger partial charge is 0.254 e. The first kappa shape index (κ1) is 20.6. The van der Waals surface area contributed by atoms with Crippen molar-refractivity contribution in [3.63, 3.8) is 0 Å². The van der Waals surface area contributed by atoms with Gasteiger partial charge in [-0.05, 0) is 60.7 Å². The first-order valence-electron chi connectivity index (χ1n) is 9.22. The number of nitrogen functional groups attached to an aromatic ring is 1. The number of piperazine rings is 1. The molecule has 1 fully saturated rings. The lowest BCUT2D eigenvalue weighted by Gasteiger charge is -2.34. The number of hydrogen-bond donors (Lipinski definition) is 1. The first-order chi connectivity index (χ1) is 12.9. The molecular weight excluding hydrogens is 398 g/mol. The van der Waals surface area contributed by atoms with Gasteiger partial charge in [-0.15, -0.1) is 12.4 Å². The molecule has 0 radical (unpaired) electrons. The number of carbonyl (C=O) groups excluding carboxylic acids is 1. The maximum atomic E-state index is 13.0. The Hall–Kier alpha value is -2.09. The van der Waals surface area contributed by atoms with Crippen LogP contribution in [-0.2, 0) is 22.9 Å². The van der Waals surface area contributed by atoms with Gasteiger partial charge in [0.05, 0.1) is 4.90 Å². The molecule has 1 aliphatic carbocycles. The summed E-state index contributed by atoms with van der Waals surface area (Å²) < 4.78 is 27.4. The van der Waals surface area contributed by atoms with Crippen LogP contribution in [-0.4, -0.2) is 49.7 Å². The third-order valence-corrected chi connectivity index (χ3v) is 7.26. The number of anilines is 1. The van der Waals surface area contributed by atoms with E-state index in [2.05, 4.69) is 0 Å². The Morgan fingerprint density at radius 3 is 2.36 bits per heavy atom. The minimum Gasteiger partial charge on any atom is -0.399 e. The van der Waals surface area contributed by atoms with Gasteiger partial charge in [-0.2, -0.15) is 4.31 Å². The Morgan fingerprint density at radius 1 is 0.929 bits per heavy atom. The Morgan fingerprint density at radius 2 is 1.64 bits per heavy atom. The summed E-state index contributed by atoms with van der Waals surface area (Å²) in [7, 11) is -3.53. The van der Waals surface area contributed by atoms with Crippen LogP contribution in [0.4, 0.5) is 5.69 Å². The van der Waals surface area contributed by atoms with Gasteiger partial charge in [0.2, 0.25) is 10.0 Å². The van der Waals surface area contributed by atoms with Crippen LogP contribution in [0, 0.1) is 0 Å². The van der Waals surface area contributed by atoms with Crippen molar-refractivity contribution in [3.8, 4) is 0 Å². The number of halogens is 1. The number of carbonyl (C=O) groups is 1. The average Bonchev–Trinajstić information content (AvgIpc) is 3.15. The second kappa shape index (κ2) is 8.11. The number of amides is 1. The molecule has 2 N–H and O–H groups in total. The summed E-state index contributed by atoms with van der Waals surface area (Å²) in [5.41, 5.74) is 9.22. The highest BCUT2D eigenvalue weighted by atomic mass is 35.5. The predicted octanol–water partition coefficient (Wildman–Crippen LogP) is 2.33. The van der Waals surface area contributed by atoms with Crippen LogP contribution in [0.3, 0.4) is 0 Å². The van der Waals surface area contributed by atoms with Crippen LogP contribution in [0.5, 0.6) is 0 Å². The zero-order valence-corrected chi connectivity index (χ0v) is 17.1. The number of hydrogen-bond acceptors (Lipinski definition) is 4. The van der Waals surface area contributed by atoms with E-state index >= 15 is 0 Å². The fourth-order valence-corrected chi connectivity index (χ4v) is 5.32. The van der Waals surface area contributed by atoms with Crippen LogP contribution < -0.4 is 5.73 Å². The molecule has 150 valence electrons. The highest BCUT2D eigenvalue weighted by Crippen LogP contribution is 2.27. The minimum atomic E-state index is -3.53. The summed E-state index contributed by atoms with van der Waals surface area (Å²) in [4.78, 5) is 14.7. The van der Waals surface area contributed by atoms with Crippen LogP contribution in [0.1, 0.15) is 27.9 Å². The van der Waals surface area contributed by atoms with E-state index in [4.69, 9.17) is 5.73 Å². The zero-order valence-electron chi connectivity index (χ0n) is 15.5. The number of aryl methyl sites for hydroxylation is 2. The quantitative estimate of drug-likeness (QED) is 0.771. The van der Waals surface area contributed by atoms with Gasteiger partial charge in [-0.1, -0.05) is 12.1 Å². The van der Waals surface area contributed by atoms with Crippen molar-refractivity contribution in [2.75, 3.05) is 31.9 Å². The number of sulfonamides is 1. The van der Waals surface area contributed by atoms with Crippen molar-refractivity contribution in [1.29, 1.82) is 0 Å². The van der Waals surface area contributed by atoms with Crippen LogP contribution in [0.25, 0.3) is 0 Å². The molecule has 0 saturated carbocycles. The molecule has 1 saturated heterocycles. The van der Waals surface area contributed by atoms with Gasteiger partial charge in [0.15, 0.2) is 0 Å². The molecule has 0 atom stereocenters. The van der Waals surface area contributed by atoms with Crippen molar-refractivity contribution < 1.29 is 13.2 Å². The molecule has 2 aromatic carbocycles. The van der Waals surface area contributed by atoms with Gasteiger partial charge in [0.25, 0.3) is 5.91 Å².